The zero-order chi connectivity index (χ0) is 7.03. The molecular weight excluding hydrogens is 124 g/mol. The van der Waals surface area contributed by atoms with Crippen LogP contribution < -0.4 is 5.84 Å². The van der Waals surface area contributed by atoms with E-state index in [2.05, 4.69) is 5.01 Å². The molecule has 1 aliphatic carbocycles. The van der Waals surface area contributed by atoms with E-state index in [4.69, 9.17) is 5.84 Å². The maximum atomic E-state index is 5.91. The Balaban J connectivity index is 2.02. The summed E-state index contributed by atoms with van der Waals surface area (Å²) < 4.78 is 0. The minimum Gasteiger partial charge on any atom is -0.268 e. The fourth-order valence-corrected chi connectivity index (χ4v) is 1.98. The second kappa shape index (κ2) is 2.21. The SMILES string of the molecule is NN1CCCCCC12CC2. The summed E-state index contributed by atoms with van der Waals surface area (Å²) in [7, 11) is 0. The highest BCUT2D eigenvalue weighted by atomic mass is 15.5. The van der Waals surface area contributed by atoms with Crippen molar-refractivity contribution in [2.75, 3.05) is 6.54 Å². The zero-order valence-corrected chi connectivity index (χ0v) is 6.47. The maximum Gasteiger partial charge on any atom is 0.0353 e. The van der Waals surface area contributed by atoms with Crippen LogP contribution in [-0.4, -0.2) is 17.1 Å². The van der Waals surface area contributed by atoms with Gasteiger partial charge in [-0.15, -0.1) is 0 Å². The minimum absolute atomic E-state index is 0.483. The molecule has 0 amide bonds. The number of nitrogens with two attached hydrogens (primary N) is 1. The predicted molar refractivity (Wildman–Crippen MR) is 41.3 cm³/mol. The molecule has 0 atom stereocenters. The summed E-state index contributed by atoms with van der Waals surface area (Å²) in [6, 6.07) is 0. The molecular formula is C8H16N2. The van der Waals surface area contributed by atoms with Gasteiger partial charge in [0.2, 0.25) is 0 Å². The van der Waals surface area contributed by atoms with Gasteiger partial charge < -0.3 is 0 Å². The molecule has 0 aromatic heterocycles. The highest BCUT2D eigenvalue weighted by molar-refractivity contribution is 5.02. The van der Waals surface area contributed by atoms with Gasteiger partial charge in [0, 0.05) is 12.1 Å². The maximum absolute atomic E-state index is 5.91. The van der Waals surface area contributed by atoms with E-state index in [9.17, 15) is 0 Å². The molecule has 2 rings (SSSR count). The van der Waals surface area contributed by atoms with E-state index < -0.39 is 0 Å². The topological polar surface area (TPSA) is 29.3 Å². The van der Waals surface area contributed by atoms with Crippen molar-refractivity contribution < 1.29 is 0 Å². The Kier molecular flexibility index (Phi) is 1.46. The van der Waals surface area contributed by atoms with Gasteiger partial charge in [-0.3, -0.25) is 5.84 Å². The van der Waals surface area contributed by atoms with E-state index in [0.717, 1.165) is 6.54 Å². The van der Waals surface area contributed by atoms with E-state index in [1.54, 1.807) is 0 Å². The monoisotopic (exact) mass is 140 g/mol. The molecule has 1 saturated heterocycles. The molecule has 0 unspecified atom stereocenters. The van der Waals surface area contributed by atoms with E-state index in [-0.39, 0.29) is 0 Å². The van der Waals surface area contributed by atoms with Crippen molar-refractivity contribution in [3.63, 3.8) is 0 Å². The van der Waals surface area contributed by atoms with Gasteiger partial charge in [0.15, 0.2) is 0 Å². The quantitative estimate of drug-likeness (QED) is 0.513. The van der Waals surface area contributed by atoms with Crippen LogP contribution in [0.3, 0.4) is 0 Å². The average Bonchev–Trinajstić information content (AvgIpc) is 2.69. The van der Waals surface area contributed by atoms with Crippen LogP contribution in [0.4, 0.5) is 0 Å². The van der Waals surface area contributed by atoms with E-state index in [1.165, 1.54) is 38.5 Å². The van der Waals surface area contributed by atoms with Crippen molar-refractivity contribution in [1.29, 1.82) is 0 Å². The van der Waals surface area contributed by atoms with Crippen LogP contribution >= 0.6 is 0 Å². The van der Waals surface area contributed by atoms with Crippen LogP contribution in [0.5, 0.6) is 0 Å². The van der Waals surface area contributed by atoms with Crippen LogP contribution in [-0.2, 0) is 0 Å². The number of rotatable bonds is 0. The Morgan fingerprint density at radius 2 is 1.80 bits per heavy atom. The molecule has 1 aliphatic heterocycles. The lowest BCUT2D eigenvalue weighted by Crippen LogP contribution is -2.42. The van der Waals surface area contributed by atoms with E-state index in [0.29, 0.717) is 5.54 Å². The Hall–Kier alpha value is -0.0800. The first kappa shape index (κ1) is 6.62. The Morgan fingerprint density at radius 1 is 1.00 bits per heavy atom. The Labute approximate surface area is 62.4 Å². The first-order valence-corrected chi connectivity index (χ1v) is 4.36. The fourth-order valence-electron chi connectivity index (χ4n) is 1.98. The lowest BCUT2D eigenvalue weighted by Gasteiger charge is -2.24. The normalized spacial score (nSPS) is 32.1. The van der Waals surface area contributed by atoms with Crippen molar-refractivity contribution in [3.8, 4) is 0 Å². The third-order valence-corrected chi connectivity index (χ3v) is 2.98. The largest absolute Gasteiger partial charge is 0.268 e. The molecule has 2 aliphatic rings. The molecule has 58 valence electrons. The second-order valence-electron chi connectivity index (χ2n) is 3.73. The van der Waals surface area contributed by atoms with Crippen molar-refractivity contribution in [2.24, 2.45) is 5.84 Å². The number of nitrogens with zero attached hydrogens (tertiary/aromatic N) is 1. The predicted octanol–water partition coefficient (Wildman–Crippen LogP) is 1.27. The number of hydrogen-bond acceptors (Lipinski definition) is 2. The molecule has 1 heterocycles. The standard InChI is InChI=1S/C8H16N2/c9-10-7-3-1-2-4-8(10)5-6-8/h1-7,9H2. The third kappa shape index (κ3) is 0.956. The minimum atomic E-state index is 0.483. The van der Waals surface area contributed by atoms with Crippen LogP contribution in [0, 0.1) is 0 Å². The number of hydrogen-bond donors (Lipinski definition) is 1. The molecule has 0 bridgehead atoms. The van der Waals surface area contributed by atoms with Crippen LogP contribution in [0.2, 0.25) is 0 Å². The van der Waals surface area contributed by atoms with Gasteiger partial charge in [0.25, 0.3) is 0 Å². The summed E-state index contributed by atoms with van der Waals surface area (Å²) in [6.07, 6.45) is 8.14. The molecule has 1 spiro atoms. The summed E-state index contributed by atoms with van der Waals surface area (Å²) in [5.74, 6) is 5.91. The lowest BCUT2D eigenvalue weighted by molar-refractivity contribution is 0.184. The van der Waals surface area contributed by atoms with Crippen LogP contribution in [0.1, 0.15) is 38.5 Å². The van der Waals surface area contributed by atoms with E-state index >= 15 is 0 Å². The van der Waals surface area contributed by atoms with Gasteiger partial charge in [0.1, 0.15) is 0 Å². The molecule has 0 aromatic carbocycles. The van der Waals surface area contributed by atoms with Crippen molar-refractivity contribution in [2.45, 2.75) is 44.1 Å². The van der Waals surface area contributed by atoms with Crippen LogP contribution in [0.25, 0.3) is 0 Å². The van der Waals surface area contributed by atoms with Crippen molar-refractivity contribution >= 4 is 0 Å². The third-order valence-electron chi connectivity index (χ3n) is 2.98. The highest BCUT2D eigenvalue weighted by Crippen LogP contribution is 2.45. The van der Waals surface area contributed by atoms with Crippen molar-refractivity contribution in [1.82, 2.24) is 5.01 Å². The van der Waals surface area contributed by atoms with Crippen molar-refractivity contribution in [3.05, 3.63) is 0 Å². The summed E-state index contributed by atoms with van der Waals surface area (Å²) in [4.78, 5) is 0. The van der Waals surface area contributed by atoms with Gasteiger partial charge >= 0.3 is 0 Å². The summed E-state index contributed by atoms with van der Waals surface area (Å²) >= 11 is 0. The fraction of sp³-hybridized carbons (Fsp3) is 1.00. The zero-order valence-electron chi connectivity index (χ0n) is 6.47. The first-order chi connectivity index (χ1) is 4.83. The summed E-state index contributed by atoms with van der Waals surface area (Å²) in [6.45, 7) is 1.12. The van der Waals surface area contributed by atoms with Gasteiger partial charge in [-0.1, -0.05) is 12.8 Å². The van der Waals surface area contributed by atoms with Gasteiger partial charge in [0.05, 0.1) is 0 Å². The Bertz CT molecular complexity index is 129. The molecule has 1 saturated carbocycles. The molecule has 2 nitrogen and oxygen atoms in total. The first-order valence-electron chi connectivity index (χ1n) is 4.36. The average molecular weight is 140 g/mol. The molecule has 2 fully saturated rings. The van der Waals surface area contributed by atoms with Gasteiger partial charge in [-0.2, -0.15) is 0 Å². The smallest absolute Gasteiger partial charge is 0.0353 e. The van der Waals surface area contributed by atoms with E-state index in [1.807, 2.05) is 0 Å². The molecule has 10 heavy (non-hydrogen) atoms. The molecule has 2 N–H and O–H groups in total. The highest BCUT2D eigenvalue weighted by Gasteiger charge is 2.46. The van der Waals surface area contributed by atoms with Gasteiger partial charge in [-0.25, -0.2) is 5.01 Å². The summed E-state index contributed by atoms with van der Waals surface area (Å²) in [5.41, 5.74) is 0.483. The van der Waals surface area contributed by atoms with Crippen LogP contribution in [0.15, 0.2) is 0 Å². The Morgan fingerprint density at radius 3 is 2.50 bits per heavy atom. The molecule has 0 radical (unpaired) electrons. The number of hydrazine groups is 1. The van der Waals surface area contributed by atoms with Gasteiger partial charge in [-0.05, 0) is 25.7 Å². The summed E-state index contributed by atoms with van der Waals surface area (Å²) in [5, 5.41) is 2.10. The molecule has 0 aromatic rings. The molecule has 2 heteroatoms. The lowest BCUT2D eigenvalue weighted by atomic mass is 10.1. The second-order valence-corrected chi connectivity index (χ2v) is 3.73.